The molecule has 0 fully saturated rings. The van der Waals surface area contributed by atoms with Crippen LogP contribution in [0, 0.1) is 0 Å². The van der Waals surface area contributed by atoms with Gasteiger partial charge in [0.2, 0.25) is 0 Å². The smallest absolute Gasteiger partial charge is 0.335 e. The Morgan fingerprint density at radius 1 is 1.26 bits per heavy atom. The van der Waals surface area contributed by atoms with Crippen LogP contribution in [0.25, 0.3) is 6.08 Å². The molecule has 0 bridgehead atoms. The fraction of sp³-hybridized carbons (Fsp3) is 0.261. The van der Waals surface area contributed by atoms with Crippen molar-refractivity contribution in [3.63, 3.8) is 0 Å². The SMILES string of the molecule is CCCCc1ncc(C=C(Cc2cccs2)C(=O)O)n1Cc1ccc(C(=O)O)cc1Cl. The number of benzene rings is 1. The van der Waals surface area contributed by atoms with Crippen LogP contribution < -0.4 is 0 Å². The maximum absolute atomic E-state index is 11.9. The van der Waals surface area contributed by atoms with E-state index in [-0.39, 0.29) is 11.1 Å². The van der Waals surface area contributed by atoms with Crippen molar-refractivity contribution >= 4 is 41.0 Å². The average Bonchev–Trinajstić information content (AvgIpc) is 3.37. The van der Waals surface area contributed by atoms with Crippen LogP contribution in [0.3, 0.4) is 0 Å². The molecular weight excluding hydrogens is 436 g/mol. The number of halogens is 1. The van der Waals surface area contributed by atoms with E-state index in [1.807, 2.05) is 22.1 Å². The number of imidazole rings is 1. The minimum Gasteiger partial charge on any atom is -0.478 e. The van der Waals surface area contributed by atoms with E-state index in [0.29, 0.717) is 23.7 Å². The molecule has 0 aliphatic carbocycles. The van der Waals surface area contributed by atoms with E-state index in [4.69, 9.17) is 16.7 Å². The molecule has 0 radical (unpaired) electrons. The second-order valence-corrected chi connectivity index (χ2v) is 8.57. The van der Waals surface area contributed by atoms with E-state index in [1.54, 1.807) is 18.3 Å². The monoisotopic (exact) mass is 458 g/mol. The summed E-state index contributed by atoms with van der Waals surface area (Å²) < 4.78 is 1.95. The summed E-state index contributed by atoms with van der Waals surface area (Å²) in [7, 11) is 0. The normalized spacial score (nSPS) is 11.6. The molecule has 0 saturated heterocycles. The summed E-state index contributed by atoms with van der Waals surface area (Å²) in [6, 6.07) is 8.44. The van der Waals surface area contributed by atoms with Gasteiger partial charge in [0, 0.05) is 28.3 Å². The summed E-state index contributed by atoms with van der Waals surface area (Å²) in [4.78, 5) is 28.5. The standard InChI is InChI=1S/C23H23ClN2O4S/c1-2-3-6-21-25-13-18(10-17(23(29)30)11-19-5-4-9-31-19)26(21)14-16-8-7-15(22(27)28)12-20(16)24/h4-5,7-10,12-13H,2-3,6,11,14H2,1H3,(H,27,28)(H,29,30). The molecule has 3 aromatic rings. The molecule has 0 atom stereocenters. The molecule has 1 aromatic carbocycles. The Balaban J connectivity index is 1.98. The zero-order valence-electron chi connectivity index (χ0n) is 17.0. The highest BCUT2D eigenvalue weighted by atomic mass is 35.5. The van der Waals surface area contributed by atoms with Gasteiger partial charge in [-0.25, -0.2) is 14.6 Å². The molecule has 31 heavy (non-hydrogen) atoms. The Kier molecular flexibility index (Phi) is 7.65. The molecule has 2 heterocycles. The molecule has 0 saturated carbocycles. The molecule has 8 heteroatoms. The zero-order chi connectivity index (χ0) is 22.4. The van der Waals surface area contributed by atoms with Crippen LogP contribution in [0.1, 0.15) is 52.1 Å². The number of thiophene rings is 1. The van der Waals surface area contributed by atoms with Gasteiger partial charge < -0.3 is 14.8 Å². The summed E-state index contributed by atoms with van der Waals surface area (Å²) >= 11 is 7.86. The van der Waals surface area contributed by atoms with Gasteiger partial charge >= 0.3 is 11.9 Å². The van der Waals surface area contributed by atoms with Gasteiger partial charge in [-0.3, -0.25) is 0 Å². The number of carbonyl (C=O) groups is 2. The molecule has 0 aliphatic heterocycles. The Bertz CT molecular complexity index is 1100. The molecule has 0 amide bonds. The Morgan fingerprint density at radius 3 is 2.68 bits per heavy atom. The van der Waals surface area contributed by atoms with Crippen molar-refractivity contribution < 1.29 is 19.8 Å². The first-order valence-electron chi connectivity index (χ1n) is 9.91. The number of carboxylic acids is 2. The van der Waals surface area contributed by atoms with Crippen LogP contribution >= 0.6 is 22.9 Å². The minimum atomic E-state index is -1.04. The fourth-order valence-electron chi connectivity index (χ4n) is 3.21. The van der Waals surface area contributed by atoms with E-state index in [2.05, 4.69) is 11.9 Å². The number of carboxylic acid groups (broad SMARTS) is 2. The summed E-state index contributed by atoms with van der Waals surface area (Å²) in [5.74, 6) is -1.17. The number of aromatic nitrogens is 2. The molecule has 2 N–H and O–H groups in total. The first-order valence-corrected chi connectivity index (χ1v) is 11.2. The summed E-state index contributed by atoms with van der Waals surface area (Å²) in [5.41, 5.74) is 1.82. The number of aliphatic carboxylic acids is 1. The lowest BCUT2D eigenvalue weighted by atomic mass is 10.1. The summed E-state index contributed by atoms with van der Waals surface area (Å²) in [6.45, 7) is 2.47. The van der Waals surface area contributed by atoms with Crippen LogP contribution in [0.15, 0.2) is 47.5 Å². The summed E-state index contributed by atoms with van der Waals surface area (Å²) in [5, 5.41) is 21.2. The average molecular weight is 459 g/mol. The lowest BCUT2D eigenvalue weighted by Gasteiger charge is -2.13. The Hall–Kier alpha value is -2.90. The molecule has 3 rings (SSSR count). The number of rotatable bonds is 10. The number of unbranched alkanes of at least 4 members (excludes halogenated alkanes) is 1. The highest BCUT2D eigenvalue weighted by Gasteiger charge is 2.15. The zero-order valence-corrected chi connectivity index (χ0v) is 18.6. The molecule has 162 valence electrons. The van der Waals surface area contributed by atoms with E-state index < -0.39 is 11.9 Å². The van der Waals surface area contributed by atoms with Crippen molar-refractivity contribution in [1.29, 1.82) is 0 Å². The molecule has 2 aromatic heterocycles. The van der Waals surface area contributed by atoms with E-state index in [0.717, 1.165) is 35.5 Å². The van der Waals surface area contributed by atoms with Gasteiger partial charge in [0.15, 0.2) is 0 Å². The molecule has 0 spiro atoms. The number of hydrogen-bond acceptors (Lipinski definition) is 4. The van der Waals surface area contributed by atoms with Crippen LogP contribution in [0.2, 0.25) is 5.02 Å². The highest BCUT2D eigenvalue weighted by molar-refractivity contribution is 7.09. The highest BCUT2D eigenvalue weighted by Crippen LogP contribution is 2.23. The quantitative estimate of drug-likeness (QED) is 0.397. The third-order valence-electron chi connectivity index (χ3n) is 4.89. The van der Waals surface area contributed by atoms with Gasteiger partial charge in [0.1, 0.15) is 5.82 Å². The van der Waals surface area contributed by atoms with Crippen LogP contribution in [-0.4, -0.2) is 31.7 Å². The minimum absolute atomic E-state index is 0.120. The predicted molar refractivity (Wildman–Crippen MR) is 122 cm³/mol. The molecule has 0 aliphatic rings. The first kappa shape index (κ1) is 22.8. The second-order valence-electron chi connectivity index (χ2n) is 7.13. The van der Waals surface area contributed by atoms with Crippen LogP contribution in [-0.2, 0) is 24.2 Å². The lowest BCUT2D eigenvalue weighted by Crippen LogP contribution is -2.10. The maximum Gasteiger partial charge on any atom is 0.335 e. The van der Waals surface area contributed by atoms with Gasteiger partial charge in [-0.15, -0.1) is 11.3 Å². The molecular formula is C23H23ClN2O4S. The van der Waals surface area contributed by atoms with Crippen molar-refractivity contribution in [2.24, 2.45) is 0 Å². The van der Waals surface area contributed by atoms with E-state index in [9.17, 15) is 14.7 Å². The first-order chi connectivity index (χ1) is 14.9. The van der Waals surface area contributed by atoms with Gasteiger partial charge in [-0.05, 0) is 41.6 Å². The van der Waals surface area contributed by atoms with Gasteiger partial charge in [-0.1, -0.05) is 37.1 Å². The van der Waals surface area contributed by atoms with Crippen molar-refractivity contribution in [2.45, 2.75) is 39.2 Å². The molecule has 6 nitrogen and oxygen atoms in total. The van der Waals surface area contributed by atoms with Gasteiger partial charge in [0.25, 0.3) is 0 Å². The maximum atomic E-state index is 11.9. The number of aromatic carboxylic acids is 1. The Labute approximate surface area is 189 Å². The van der Waals surface area contributed by atoms with E-state index >= 15 is 0 Å². The van der Waals surface area contributed by atoms with E-state index in [1.165, 1.54) is 23.5 Å². The topological polar surface area (TPSA) is 92.4 Å². The van der Waals surface area contributed by atoms with Crippen LogP contribution in [0.4, 0.5) is 0 Å². The van der Waals surface area contributed by atoms with Crippen molar-refractivity contribution in [3.05, 3.63) is 80.0 Å². The summed E-state index contributed by atoms with van der Waals surface area (Å²) in [6.07, 6.45) is 6.38. The third-order valence-corrected chi connectivity index (χ3v) is 6.12. The third kappa shape index (κ3) is 5.83. The number of aryl methyl sites for hydroxylation is 1. The van der Waals surface area contributed by atoms with Crippen molar-refractivity contribution in [3.8, 4) is 0 Å². The number of hydrogen-bond donors (Lipinski definition) is 2. The largest absolute Gasteiger partial charge is 0.478 e. The van der Waals surface area contributed by atoms with Crippen molar-refractivity contribution in [2.75, 3.05) is 0 Å². The molecule has 0 unspecified atom stereocenters. The van der Waals surface area contributed by atoms with Crippen LogP contribution in [0.5, 0.6) is 0 Å². The second kappa shape index (κ2) is 10.4. The lowest BCUT2D eigenvalue weighted by molar-refractivity contribution is -0.132. The Morgan fingerprint density at radius 2 is 2.06 bits per heavy atom. The predicted octanol–water partition coefficient (Wildman–Crippen LogP) is 5.40. The van der Waals surface area contributed by atoms with Crippen molar-refractivity contribution in [1.82, 2.24) is 9.55 Å². The number of nitrogens with zero attached hydrogens (tertiary/aromatic N) is 2. The van der Waals surface area contributed by atoms with Gasteiger partial charge in [0.05, 0.1) is 24.0 Å². The van der Waals surface area contributed by atoms with Gasteiger partial charge in [-0.2, -0.15) is 0 Å². The fourth-order valence-corrected chi connectivity index (χ4v) is 4.18.